The van der Waals surface area contributed by atoms with E-state index >= 15 is 0 Å². The van der Waals surface area contributed by atoms with Crippen LogP contribution in [-0.4, -0.2) is 23.0 Å². The lowest BCUT2D eigenvalue weighted by Gasteiger charge is -2.20. The quantitative estimate of drug-likeness (QED) is 0.867. The van der Waals surface area contributed by atoms with Gasteiger partial charge in [-0.2, -0.15) is 0 Å². The van der Waals surface area contributed by atoms with Crippen LogP contribution in [0.2, 0.25) is 0 Å². The molecule has 0 bridgehead atoms. The van der Waals surface area contributed by atoms with Gasteiger partial charge >= 0.3 is 0 Å². The van der Waals surface area contributed by atoms with Gasteiger partial charge in [-0.15, -0.1) is 0 Å². The molecule has 0 aliphatic heterocycles. The van der Waals surface area contributed by atoms with E-state index in [1.165, 1.54) is 29.6 Å². The SMILES string of the molecule is CCCCN(CC)Cc1ccc2nc(N)sc2c1. The third-order valence-electron chi connectivity index (χ3n) is 3.15. The van der Waals surface area contributed by atoms with Crippen molar-refractivity contribution in [2.24, 2.45) is 0 Å². The number of thiazole rings is 1. The predicted octanol–water partition coefficient (Wildman–Crippen LogP) is 3.50. The minimum absolute atomic E-state index is 0.653. The van der Waals surface area contributed by atoms with Crippen molar-refractivity contribution in [1.29, 1.82) is 0 Å². The van der Waals surface area contributed by atoms with Crippen LogP contribution in [0.1, 0.15) is 32.3 Å². The standard InChI is InChI=1S/C14H21N3S/c1-3-5-8-17(4-2)10-11-6-7-12-13(9-11)18-14(15)16-12/h6-7,9H,3-5,8,10H2,1-2H3,(H2,15,16). The molecule has 0 spiro atoms. The molecule has 4 heteroatoms. The first-order valence-electron chi connectivity index (χ1n) is 6.60. The van der Waals surface area contributed by atoms with E-state index in [-0.39, 0.29) is 0 Å². The number of hydrogen-bond donors (Lipinski definition) is 1. The van der Waals surface area contributed by atoms with Crippen LogP contribution < -0.4 is 5.73 Å². The van der Waals surface area contributed by atoms with Gasteiger partial charge < -0.3 is 5.73 Å². The Kier molecular flexibility index (Phi) is 4.55. The summed E-state index contributed by atoms with van der Waals surface area (Å²) in [4.78, 5) is 6.77. The van der Waals surface area contributed by atoms with Gasteiger partial charge in [0.15, 0.2) is 5.13 Å². The molecule has 0 amide bonds. The fourth-order valence-electron chi connectivity index (χ4n) is 2.07. The second-order valence-electron chi connectivity index (χ2n) is 4.58. The minimum atomic E-state index is 0.653. The normalized spacial score (nSPS) is 11.5. The summed E-state index contributed by atoms with van der Waals surface area (Å²) in [7, 11) is 0. The Bertz CT molecular complexity index is 507. The first-order chi connectivity index (χ1) is 8.72. The highest BCUT2D eigenvalue weighted by Crippen LogP contribution is 2.25. The number of anilines is 1. The highest BCUT2D eigenvalue weighted by Gasteiger charge is 2.06. The maximum absolute atomic E-state index is 5.73. The number of fused-ring (bicyclic) bond motifs is 1. The Morgan fingerprint density at radius 1 is 1.33 bits per heavy atom. The van der Waals surface area contributed by atoms with Crippen LogP contribution in [0.5, 0.6) is 0 Å². The van der Waals surface area contributed by atoms with E-state index in [0.717, 1.165) is 18.6 Å². The molecule has 2 N–H and O–H groups in total. The Balaban J connectivity index is 2.10. The zero-order chi connectivity index (χ0) is 13.0. The summed E-state index contributed by atoms with van der Waals surface area (Å²) in [6, 6.07) is 6.46. The molecule has 1 aromatic carbocycles. The summed E-state index contributed by atoms with van der Waals surface area (Å²) in [6.07, 6.45) is 2.52. The number of unbranched alkanes of at least 4 members (excludes halogenated alkanes) is 1. The van der Waals surface area contributed by atoms with E-state index in [9.17, 15) is 0 Å². The van der Waals surface area contributed by atoms with Crippen molar-refractivity contribution in [3.05, 3.63) is 23.8 Å². The van der Waals surface area contributed by atoms with Crippen molar-refractivity contribution in [3.63, 3.8) is 0 Å². The largest absolute Gasteiger partial charge is 0.375 e. The van der Waals surface area contributed by atoms with E-state index in [4.69, 9.17) is 5.73 Å². The summed E-state index contributed by atoms with van der Waals surface area (Å²) < 4.78 is 1.19. The molecule has 0 atom stereocenters. The van der Waals surface area contributed by atoms with Crippen LogP contribution in [0.15, 0.2) is 18.2 Å². The molecule has 0 aliphatic carbocycles. The van der Waals surface area contributed by atoms with Crippen LogP contribution in [0.25, 0.3) is 10.2 Å². The molecule has 0 saturated heterocycles. The molecule has 0 aliphatic rings. The van der Waals surface area contributed by atoms with Gasteiger partial charge in [0.1, 0.15) is 0 Å². The van der Waals surface area contributed by atoms with Gasteiger partial charge in [-0.25, -0.2) is 4.98 Å². The Morgan fingerprint density at radius 3 is 2.89 bits per heavy atom. The zero-order valence-corrected chi connectivity index (χ0v) is 12.0. The number of nitrogen functional groups attached to an aromatic ring is 1. The van der Waals surface area contributed by atoms with E-state index in [2.05, 4.69) is 41.9 Å². The summed E-state index contributed by atoms with van der Waals surface area (Å²) in [5, 5.41) is 0.653. The number of rotatable bonds is 6. The first kappa shape index (κ1) is 13.3. The smallest absolute Gasteiger partial charge is 0.181 e. The number of aromatic nitrogens is 1. The first-order valence-corrected chi connectivity index (χ1v) is 7.42. The zero-order valence-electron chi connectivity index (χ0n) is 11.1. The molecule has 98 valence electrons. The maximum atomic E-state index is 5.73. The maximum Gasteiger partial charge on any atom is 0.181 e. The second-order valence-corrected chi connectivity index (χ2v) is 5.64. The van der Waals surface area contributed by atoms with Gasteiger partial charge in [0, 0.05) is 6.54 Å². The third-order valence-corrected chi connectivity index (χ3v) is 4.00. The van der Waals surface area contributed by atoms with E-state index in [0.29, 0.717) is 5.13 Å². The Hall–Kier alpha value is -1.13. The van der Waals surface area contributed by atoms with Gasteiger partial charge in [-0.3, -0.25) is 4.90 Å². The van der Waals surface area contributed by atoms with Crippen molar-refractivity contribution in [3.8, 4) is 0 Å². The fourth-order valence-corrected chi connectivity index (χ4v) is 2.87. The molecule has 2 rings (SSSR count). The van der Waals surface area contributed by atoms with E-state index < -0.39 is 0 Å². The number of nitrogens with two attached hydrogens (primary N) is 1. The molecule has 3 nitrogen and oxygen atoms in total. The van der Waals surface area contributed by atoms with Gasteiger partial charge in [0.05, 0.1) is 10.2 Å². The molecule has 18 heavy (non-hydrogen) atoms. The molecule has 1 heterocycles. The van der Waals surface area contributed by atoms with Crippen LogP contribution in [-0.2, 0) is 6.54 Å². The summed E-state index contributed by atoms with van der Waals surface area (Å²) in [5.41, 5.74) is 8.09. The van der Waals surface area contributed by atoms with Gasteiger partial charge in [-0.1, -0.05) is 37.7 Å². The Labute approximate surface area is 113 Å². The number of hydrogen-bond acceptors (Lipinski definition) is 4. The van der Waals surface area contributed by atoms with Crippen LogP contribution in [0.3, 0.4) is 0 Å². The molecule has 1 aromatic heterocycles. The van der Waals surface area contributed by atoms with Crippen LogP contribution in [0, 0.1) is 0 Å². The molecule has 0 radical (unpaired) electrons. The molecule has 0 saturated carbocycles. The third kappa shape index (κ3) is 3.21. The average Bonchev–Trinajstić information content (AvgIpc) is 2.73. The van der Waals surface area contributed by atoms with Crippen molar-refractivity contribution < 1.29 is 0 Å². The summed E-state index contributed by atoms with van der Waals surface area (Å²) >= 11 is 1.57. The Morgan fingerprint density at radius 2 is 2.17 bits per heavy atom. The molecular formula is C14H21N3S. The molecule has 0 fully saturated rings. The van der Waals surface area contributed by atoms with Crippen molar-refractivity contribution in [2.45, 2.75) is 33.2 Å². The van der Waals surface area contributed by atoms with Crippen LogP contribution >= 0.6 is 11.3 Å². The lowest BCUT2D eigenvalue weighted by atomic mass is 10.2. The van der Waals surface area contributed by atoms with Gasteiger partial charge in [-0.05, 0) is 37.2 Å². The summed E-state index contributed by atoms with van der Waals surface area (Å²) in [6.45, 7) is 7.75. The average molecular weight is 263 g/mol. The van der Waals surface area contributed by atoms with Gasteiger partial charge in [0.25, 0.3) is 0 Å². The lowest BCUT2D eigenvalue weighted by molar-refractivity contribution is 0.275. The van der Waals surface area contributed by atoms with Crippen molar-refractivity contribution >= 4 is 26.7 Å². The fraction of sp³-hybridized carbons (Fsp3) is 0.500. The molecular weight excluding hydrogens is 242 g/mol. The van der Waals surface area contributed by atoms with Gasteiger partial charge in [0.2, 0.25) is 0 Å². The number of nitrogens with zero attached hydrogens (tertiary/aromatic N) is 2. The highest BCUT2D eigenvalue weighted by molar-refractivity contribution is 7.22. The second kappa shape index (κ2) is 6.16. The van der Waals surface area contributed by atoms with E-state index in [1.54, 1.807) is 11.3 Å². The van der Waals surface area contributed by atoms with Crippen molar-refractivity contribution in [1.82, 2.24) is 9.88 Å². The number of benzene rings is 1. The minimum Gasteiger partial charge on any atom is -0.375 e. The topological polar surface area (TPSA) is 42.2 Å². The van der Waals surface area contributed by atoms with E-state index in [1.807, 2.05) is 0 Å². The summed E-state index contributed by atoms with van der Waals surface area (Å²) in [5.74, 6) is 0. The monoisotopic (exact) mass is 263 g/mol. The van der Waals surface area contributed by atoms with Crippen LogP contribution in [0.4, 0.5) is 5.13 Å². The molecule has 0 unspecified atom stereocenters. The van der Waals surface area contributed by atoms with Crippen molar-refractivity contribution in [2.75, 3.05) is 18.8 Å². The highest BCUT2D eigenvalue weighted by atomic mass is 32.1. The molecule has 2 aromatic rings. The lowest BCUT2D eigenvalue weighted by Crippen LogP contribution is -2.23. The predicted molar refractivity (Wildman–Crippen MR) is 79.9 cm³/mol.